The first-order chi connectivity index (χ1) is 7.42. The Labute approximate surface area is 98.3 Å². The van der Waals surface area contributed by atoms with E-state index in [4.69, 9.17) is 4.74 Å². The third-order valence-corrected chi connectivity index (χ3v) is 2.52. The highest BCUT2D eigenvalue weighted by Gasteiger charge is 2.29. The number of amides is 1. The van der Waals surface area contributed by atoms with Crippen LogP contribution in [0.4, 0.5) is 4.79 Å². The van der Waals surface area contributed by atoms with Crippen molar-refractivity contribution in [1.29, 1.82) is 0 Å². The van der Waals surface area contributed by atoms with Gasteiger partial charge in [0.05, 0.1) is 0 Å². The highest BCUT2D eigenvalue weighted by molar-refractivity contribution is 5.68. The molecule has 1 rings (SSSR count). The maximum atomic E-state index is 11.8. The van der Waals surface area contributed by atoms with Crippen molar-refractivity contribution in [3.05, 3.63) is 0 Å². The van der Waals surface area contributed by atoms with Crippen LogP contribution in [0.1, 0.15) is 40.5 Å². The zero-order valence-corrected chi connectivity index (χ0v) is 10.9. The molecule has 0 saturated carbocycles. The number of nitrogens with one attached hydrogen (secondary N) is 1. The minimum Gasteiger partial charge on any atom is -0.444 e. The van der Waals surface area contributed by atoms with Crippen LogP contribution < -0.4 is 5.32 Å². The number of nitrogens with zero attached hydrogens (tertiary/aromatic N) is 1. The monoisotopic (exact) mass is 228 g/mol. The molecule has 1 heterocycles. The van der Waals surface area contributed by atoms with E-state index >= 15 is 0 Å². The minimum absolute atomic E-state index is 0.187. The smallest absolute Gasteiger partial charge is 0.410 e. The highest BCUT2D eigenvalue weighted by atomic mass is 16.6. The summed E-state index contributed by atoms with van der Waals surface area (Å²) in [5.41, 5.74) is -0.397. The van der Waals surface area contributed by atoms with E-state index in [2.05, 4.69) is 12.2 Å². The molecule has 1 saturated heterocycles. The molecular formula is C12H24N2O2. The van der Waals surface area contributed by atoms with Crippen molar-refractivity contribution < 1.29 is 9.53 Å². The molecule has 0 bridgehead atoms. The Morgan fingerprint density at radius 2 is 2.19 bits per heavy atom. The molecule has 4 nitrogen and oxygen atoms in total. The van der Waals surface area contributed by atoms with E-state index < -0.39 is 5.60 Å². The lowest BCUT2D eigenvalue weighted by molar-refractivity contribution is 0.0291. The number of ether oxygens (including phenoxy) is 1. The van der Waals surface area contributed by atoms with Crippen molar-refractivity contribution in [2.75, 3.05) is 19.6 Å². The lowest BCUT2D eigenvalue weighted by atomic mass is 10.2. The SMILES string of the molecule is CCCN[C@H]1CCN(C(=O)OC(C)(C)C)C1. The number of likely N-dealkylation sites (tertiary alicyclic amines) is 1. The van der Waals surface area contributed by atoms with Crippen molar-refractivity contribution in [3.63, 3.8) is 0 Å². The van der Waals surface area contributed by atoms with Crippen LogP contribution in [-0.4, -0.2) is 42.3 Å². The molecule has 1 aliphatic rings. The van der Waals surface area contributed by atoms with Crippen LogP contribution >= 0.6 is 0 Å². The molecule has 0 unspecified atom stereocenters. The molecule has 0 aliphatic carbocycles. The number of hydrogen-bond acceptors (Lipinski definition) is 3. The molecule has 1 atom stereocenters. The van der Waals surface area contributed by atoms with Gasteiger partial charge in [-0.15, -0.1) is 0 Å². The molecule has 0 aromatic heterocycles. The zero-order valence-electron chi connectivity index (χ0n) is 10.9. The third-order valence-electron chi connectivity index (χ3n) is 2.52. The first kappa shape index (κ1) is 13.3. The van der Waals surface area contributed by atoms with E-state index in [1.54, 1.807) is 4.90 Å². The van der Waals surface area contributed by atoms with Gasteiger partial charge in [0.1, 0.15) is 5.60 Å². The minimum atomic E-state index is -0.397. The average molecular weight is 228 g/mol. The summed E-state index contributed by atoms with van der Waals surface area (Å²) in [5, 5.41) is 3.43. The van der Waals surface area contributed by atoms with Crippen molar-refractivity contribution in [3.8, 4) is 0 Å². The van der Waals surface area contributed by atoms with Crippen LogP contribution in [0.5, 0.6) is 0 Å². The molecule has 4 heteroatoms. The number of carbonyl (C=O) groups is 1. The molecule has 1 aliphatic heterocycles. The van der Waals surface area contributed by atoms with Crippen LogP contribution in [0.15, 0.2) is 0 Å². The lowest BCUT2D eigenvalue weighted by Gasteiger charge is -2.24. The Kier molecular flexibility index (Phi) is 4.59. The van der Waals surface area contributed by atoms with Crippen LogP contribution in [0.3, 0.4) is 0 Å². The molecule has 1 N–H and O–H groups in total. The summed E-state index contributed by atoms with van der Waals surface area (Å²) in [6.45, 7) is 10.4. The maximum Gasteiger partial charge on any atom is 0.410 e. The van der Waals surface area contributed by atoms with Crippen LogP contribution in [0.2, 0.25) is 0 Å². The number of carbonyl (C=O) groups excluding carboxylic acids is 1. The second-order valence-corrected chi connectivity index (χ2v) is 5.37. The Balaban J connectivity index is 2.32. The molecule has 94 valence electrons. The molecule has 16 heavy (non-hydrogen) atoms. The highest BCUT2D eigenvalue weighted by Crippen LogP contribution is 2.15. The largest absolute Gasteiger partial charge is 0.444 e. The van der Waals surface area contributed by atoms with Gasteiger partial charge in [-0.3, -0.25) is 0 Å². The van der Waals surface area contributed by atoms with Gasteiger partial charge in [0.15, 0.2) is 0 Å². The second-order valence-electron chi connectivity index (χ2n) is 5.37. The Morgan fingerprint density at radius 3 is 2.75 bits per heavy atom. The fourth-order valence-corrected chi connectivity index (χ4v) is 1.77. The predicted molar refractivity (Wildman–Crippen MR) is 64.5 cm³/mol. The van der Waals surface area contributed by atoms with Gasteiger partial charge in [-0.2, -0.15) is 0 Å². The summed E-state index contributed by atoms with van der Waals surface area (Å²) in [4.78, 5) is 13.5. The molecule has 0 aromatic rings. The van der Waals surface area contributed by atoms with E-state index in [-0.39, 0.29) is 6.09 Å². The quantitative estimate of drug-likeness (QED) is 0.803. The second kappa shape index (κ2) is 5.53. The predicted octanol–water partition coefficient (Wildman–Crippen LogP) is 2.00. The summed E-state index contributed by atoms with van der Waals surface area (Å²) in [6.07, 6.45) is 1.97. The summed E-state index contributed by atoms with van der Waals surface area (Å²) in [7, 11) is 0. The summed E-state index contributed by atoms with van der Waals surface area (Å²) in [5.74, 6) is 0. The molecule has 1 fully saturated rings. The van der Waals surface area contributed by atoms with E-state index in [1.165, 1.54) is 0 Å². The van der Waals surface area contributed by atoms with Crippen molar-refractivity contribution >= 4 is 6.09 Å². The van der Waals surface area contributed by atoms with Gasteiger partial charge in [0.2, 0.25) is 0 Å². The summed E-state index contributed by atoms with van der Waals surface area (Å²) < 4.78 is 5.33. The Hall–Kier alpha value is -0.770. The van der Waals surface area contributed by atoms with E-state index in [0.29, 0.717) is 6.04 Å². The van der Waals surface area contributed by atoms with Crippen LogP contribution in [0, 0.1) is 0 Å². The molecule has 0 spiro atoms. The Morgan fingerprint density at radius 1 is 1.50 bits per heavy atom. The third kappa shape index (κ3) is 4.39. The fourth-order valence-electron chi connectivity index (χ4n) is 1.77. The molecule has 0 radical (unpaired) electrons. The van der Waals surface area contributed by atoms with Gasteiger partial charge in [-0.1, -0.05) is 6.92 Å². The van der Waals surface area contributed by atoms with Gasteiger partial charge in [0, 0.05) is 19.1 Å². The van der Waals surface area contributed by atoms with Gasteiger partial charge < -0.3 is 15.0 Å². The van der Waals surface area contributed by atoms with E-state index in [9.17, 15) is 4.79 Å². The lowest BCUT2D eigenvalue weighted by Crippen LogP contribution is -2.38. The average Bonchev–Trinajstić information content (AvgIpc) is 2.60. The van der Waals surface area contributed by atoms with E-state index in [0.717, 1.165) is 32.5 Å². The van der Waals surface area contributed by atoms with Gasteiger partial charge in [-0.25, -0.2) is 4.79 Å². The number of hydrogen-bond donors (Lipinski definition) is 1. The maximum absolute atomic E-state index is 11.8. The standard InChI is InChI=1S/C12H24N2O2/c1-5-7-13-10-6-8-14(9-10)11(15)16-12(2,3)4/h10,13H,5-9H2,1-4H3/t10-/m0/s1. The normalized spacial score (nSPS) is 21.2. The summed E-state index contributed by atoms with van der Waals surface area (Å²) >= 11 is 0. The van der Waals surface area contributed by atoms with E-state index in [1.807, 2.05) is 20.8 Å². The van der Waals surface area contributed by atoms with Gasteiger partial charge in [-0.05, 0) is 40.2 Å². The van der Waals surface area contributed by atoms with Gasteiger partial charge in [0.25, 0.3) is 0 Å². The van der Waals surface area contributed by atoms with Gasteiger partial charge >= 0.3 is 6.09 Å². The zero-order chi connectivity index (χ0) is 12.2. The first-order valence-electron chi connectivity index (χ1n) is 6.13. The van der Waals surface area contributed by atoms with Crippen LogP contribution in [-0.2, 0) is 4.74 Å². The molecule has 1 amide bonds. The Bertz CT molecular complexity index is 236. The summed E-state index contributed by atoms with van der Waals surface area (Å²) in [6, 6.07) is 0.437. The fraction of sp³-hybridized carbons (Fsp3) is 0.917. The topological polar surface area (TPSA) is 41.6 Å². The van der Waals surface area contributed by atoms with Crippen LogP contribution in [0.25, 0.3) is 0 Å². The first-order valence-corrected chi connectivity index (χ1v) is 6.13. The van der Waals surface area contributed by atoms with Crippen molar-refractivity contribution in [2.24, 2.45) is 0 Å². The van der Waals surface area contributed by atoms with Crippen molar-refractivity contribution in [2.45, 2.75) is 52.2 Å². The number of rotatable bonds is 3. The molecule has 0 aromatic carbocycles. The molecular weight excluding hydrogens is 204 g/mol. The van der Waals surface area contributed by atoms with Crippen molar-refractivity contribution in [1.82, 2.24) is 10.2 Å².